The van der Waals surface area contributed by atoms with E-state index in [-0.39, 0.29) is 11.9 Å². The minimum absolute atomic E-state index is 0.0503. The van der Waals surface area contributed by atoms with E-state index in [0.29, 0.717) is 11.6 Å². The number of nitrogens with one attached hydrogen (secondary N) is 2. The van der Waals surface area contributed by atoms with E-state index in [1.165, 1.54) is 0 Å². The van der Waals surface area contributed by atoms with Gasteiger partial charge in [-0.25, -0.2) is 0 Å². The molecule has 0 unspecified atom stereocenters. The number of nitrogens with zero attached hydrogens (tertiary/aromatic N) is 1. The maximum atomic E-state index is 12.0. The van der Waals surface area contributed by atoms with Crippen molar-refractivity contribution in [1.29, 1.82) is 0 Å². The lowest BCUT2D eigenvalue weighted by Gasteiger charge is -2.27. The van der Waals surface area contributed by atoms with Crippen LogP contribution in [0.5, 0.6) is 0 Å². The predicted molar refractivity (Wildman–Crippen MR) is 77.3 cm³/mol. The van der Waals surface area contributed by atoms with E-state index in [1.54, 1.807) is 0 Å². The van der Waals surface area contributed by atoms with Gasteiger partial charge in [-0.15, -0.1) is 0 Å². The molecule has 1 aliphatic heterocycles. The number of benzene rings is 1. The zero-order chi connectivity index (χ0) is 13.7. The van der Waals surface area contributed by atoms with Crippen molar-refractivity contribution in [2.45, 2.75) is 13.0 Å². The highest BCUT2D eigenvalue weighted by Crippen LogP contribution is 2.21. The minimum atomic E-state index is -0.0656. The second-order valence-corrected chi connectivity index (χ2v) is 5.24. The number of halogens is 1. The van der Waals surface area contributed by atoms with Crippen LogP contribution < -0.4 is 10.6 Å². The average Bonchev–Trinajstić information content (AvgIpc) is 2.40. The van der Waals surface area contributed by atoms with Crippen LogP contribution in [0.15, 0.2) is 24.3 Å². The van der Waals surface area contributed by atoms with Crippen LogP contribution in [0.25, 0.3) is 0 Å². The first kappa shape index (κ1) is 14.3. The molecule has 0 bridgehead atoms. The van der Waals surface area contributed by atoms with Gasteiger partial charge in [-0.3, -0.25) is 9.69 Å². The Hall–Kier alpha value is -1.10. The van der Waals surface area contributed by atoms with Crippen molar-refractivity contribution in [2.24, 2.45) is 0 Å². The molecule has 1 atom stereocenters. The second-order valence-electron chi connectivity index (χ2n) is 4.84. The quantitative estimate of drug-likeness (QED) is 0.877. The zero-order valence-electron chi connectivity index (χ0n) is 11.2. The van der Waals surface area contributed by atoms with Crippen molar-refractivity contribution >= 4 is 17.5 Å². The van der Waals surface area contributed by atoms with Crippen molar-refractivity contribution in [3.63, 3.8) is 0 Å². The lowest BCUT2D eigenvalue weighted by Crippen LogP contribution is -2.47. The number of amides is 1. The number of carbonyl (C=O) groups excluding carboxylic acids is 1. The molecule has 4 nitrogen and oxygen atoms in total. The smallest absolute Gasteiger partial charge is 0.234 e. The summed E-state index contributed by atoms with van der Waals surface area (Å²) in [4.78, 5) is 14.1. The molecule has 1 aromatic carbocycles. The van der Waals surface area contributed by atoms with E-state index >= 15 is 0 Å². The Bertz CT molecular complexity index is 432. The van der Waals surface area contributed by atoms with Crippen LogP contribution in [0.1, 0.15) is 18.5 Å². The largest absolute Gasteiger partial charge is 0.348 e. The third kappa shape index (κ3) is 4.20. The summed E-state index contributed by atoms with van der Waals surface area (Å²) in [5, 5.41) is 6.96. The van der Waals surface area contributed by atoms with E-state index in [4.69, 9.17) is 11.6 Å². The first-order valence-corrected chi connectivity index (χ1v) is 7.01. The minimum Gasteiger partial charge on any atom is -0.348 e. The molecule has 1 aliphatic rings. The lowest BCUT2D eigenvalue weighted by atomic mass is 10.1. The highest BCUT2D eigenvalue weighted by Gasteiger charge is 2.16. The van der Waals surface area contributed by atoms with Crippen LogP contribution in [0.3, 0.4) is 0 Å². The van der Waals surface area contributed by atoms with Crippen LogP contribution in [0, 0.1) is 0 Å². The molecule has 104 valence electrons. The van der Waals surface area contributed by atoms with E-state index < -0.39 is 0 Å². The maximum Gasteiger partial charge on any atom is 0.234 e. The fourth-order valence-corrected chi connectivity index (χ4v) is 2.56. The maximum absolute atomic E-state index is 12.0. The first-order chi connectivity index (χ1) is 9.16. The first-order valence-electron chi connectivity index (χ1n) is 6.63. The molecule has 1 fully saturated rings. The molecule has 0 saturated carbocycles. The number of rotatable bonds is 4. The summed E-state index contributed by atoms with van der Waals surface area (Å²) in [5.41, 5.74) is 0.956. The SMILES string of the molecule is C[C@@H](NC(=O)CN1CCNCC1)c1ccccc1Cl. The summed E-state index contributed by atoms with van der Waals surface area (Å²) >= 11 is 6.12. The van der Waals surface area contributed by atoms with Crippen molar-refractivity contribution < 1.29 is 4.79 Å². The molecule has 0 aromatic heterocycles. The lowest BCUT2D eigenvalue weighted by molar-refractivity contribution is -0.123. The molecule has 2 rings (SSSR count). The van der Waals surface area contributed by atoms with Crippen LogP contribution in [-0.4, -0.2) is 43.5 Å². The third-order valence-corrected chi connectivity index (χ3v) is 3.67. The van der Waals surface area contributed by atoms with Gasteiger partial charge in [0.1, 0.15) is 0 Å². The van der Waals surface area contributed by atoms with Gasteiger partial charge >= 0.3 is 0 Å². The molecule has 1 heterocycles. The Labute approximate surface area is 119 Å². The van der Waals surface area contributed by atoms with Crippen LogP contribution in [0.4, 0.5) is 0 Å². The number of hydrogen-bond acceptors (Lipinski definition) is 3. The summed E-state index contributed by atoms with van der Waals surface area (Å²) in [5.74, 6) is 0.0503. The molecule has 1 saturated heterocycles. The molecular weight excluding hydrogens is 262 g/mol. The van der Waals surface area contributed by atoms with Gasteiger partial charge in [-0.1, -0.05) is 29.8 Å². The number of piperazine rings is 1. The molecule has 0 aliphatic carbocycles. The van der Waals surface area contributed by atoms with E-state index in [0.717, 1.165) is 31.7 Å². The normalized spacial score (nSPS) is 18.0. The molecule has 0 radical (unpaired) electrons. The Morgan fingerprint density at radius 3 is 2.79 bits per heavy atom. The van der Waals surface area contributed by atoms with E-state index in [1.807, 2.05) is 31.2 Å². The monoisotopic (exact) mass is 281 g/mol. The number of carbonyl (C=O) groups is 1. The molecule has 2 N–H and O–H groups in total. The van der Waals surface area contributed by atoms with Crippen LogP contribution in [0.2, 0.25) is 5.02 Å². The second kappa shape index (κ2) is 6.89. The van der Waals surface area contributed by atoms with Crippen molar-refractivity contribution in [1.82, 2.24) is 15.5 Å². The standard InChI is InChI=1S/C14H20ClN3O/c1-11(12-4-2-3-5-13(12)15)17-14(19)10-18-8-6-16-7-9-18/h2-5,11,16H,6-10H2,1H3,(H,17,19)/t11-/m1/s1. The third-order valence-electron chi connectivity index (χ3n) is 3.33. The summed E-state index contributed by atoms with van der Waals surface area (Å²) in [7, 11) is 0. The molecule has 5 heteroatoms. The van der Waals surface area contributed by atoms with Gasteiger partial charge in [-0.2, -0.15) is 0 Å². The van der Waals surface area contributed by atoms with Gasteiger partial charge in [0.2, 0.25) is 5.91 Å². The van der Waals surface area contributed by atoms with Gasteiger partial charge in [0, 0.05) is 31.2 Å². The van der Waals surface area contributed by atoms with Crippen LogP contribution in [-0.2, 0) is 4.79 Å². The molecule has 0 spiro atoms. The van der Waals surface area contributed by atoms with Gasteiger partial charge in [0.25, 0.3) is 0 Å². The highest BCUT2D eigenvalue weighted by atomic mass is 35.5. The van der Waals surface area contributed by atoms with Crippen molar-refractivity contribution in [3.8, 4) is 0 Å². The fourth-order valence-electron chi connectivity index (χ4n) is 2.26. The van der Waals surface area contributed by atoms with Crippen molar-refractivity contribution in [2.75, 3.05) is 32.7 Å². The van der Waals surface area contributed by atoms with Gasteiger partial charge in [-0.05, 0) is 18.6 Å². The van der Waals surface area contributed by atoms with Gasteiger partial charge < -0.3 is 10.6 Å². The number of hydrogen-bond donors (Lipinski definition) is 2. The summed E-state index contributed by atoms with van der Waals surface area (Å²) < 4.78 is 0. The molecule has 1 aromatic rings. The Morgan fingerprint density at radius 2 is 2.11 bits per heavy atom. The Balaban J connectivity index is 1.86. The predicted octanol–water partition coefficient (Wildman–Crippen LogP) is 1.42. The van der Waals surface area contributed by atoms with E-state index in [2.05, 4.69) is 15.5 Å². The Morgan fingerprint density at radius 1 is 1.42 bits per heavy atom. The topological polar surface area (TPSA) is 44.4 Å². The molecule has 19 heavy (non-hydrogen) atoms. The highest BCUT2D eigenvalue weighted by molar-refractivity contribution is 6.31. The summed E-state index contributed by atoms with van der Waals surface area (Å²) in [6.07, 6.45) is 0. The fraction of sp³-hybridized carbons (Fsp3) is 0.500. The van der Waals surface area contributed by atoms with Crippen LogP contribution >= 0.6 is 11.6 Å². The molecule has 1 amide bonds. The summed E-state index contributed by atoms with van der Waals surface area (Å²) in [6.45, 7) is 6.16. The van der Waals surface area contributed by atoms with Gasteiger partial charge in [0.05, 0.1) is 12.6 Å². The van der Waals surface area contributed by atoms with Crippen molar-refractivity contribution in [3.05, 3.63) is 34.9 Å². The average molecular weight is 282 g/mol. The molecular formula is C14H20ClN3O. The zero-order valence-corrected chi connectivity index (χ0v) is 11.9. The Kier molecular flexibility index (Phi) is 5.19. The summed E-state index contributed by atoms with van der Waals surface area (Å²) in [6, 6.07) is 7.54. The van der Waals surface area contributed by atoms with Gasteiger partial charge in [0.15, 0.2) is 0 Å². The van der Waals surface area contributed by atoms with E-state index in [9.17, 15) is 4.79 Å².